The largest absolute Gasteiger partial charge is 0.454 e. The van der Waals surface area contributed by atoms with Crippen LogP contribution in [0.1, 0.15) is 5.56 Å². The van der Waals surface area contributed by atoms with Crippen LogP contribution in [0.25, 0.3) is 0 Å². The van der Waals surface area contributed by atoms with Crippen molar-refractivity contribution in [3.8, 4) is 11.5 Å². The average molecular weight is 417 g/mol. The highest BCUT2D eigenvalue weighted by molar-refractivity contribution is 7.99. The van der Waals surface area contributed by atoms with E-state index in [-0.39, 0.29) is 0 Å². The first kappa shape index (κ1) is 19.4. The van der Waals surface area contributed by atoms with Gasteiger partial charge in [-0.25, -0.2) is 0 Å². The predicted molar refractivity (Wildman–Crippen MR) is 116 cm³/mol. The molecule has 28 heavy (non-hydrogen) atoms. The van der Waals surface area contributed by atoms with Crippen LogP contribution in [-0.2, 0) is 6.54 Å². The highest BCUT2D eigenvalue weighted by Crippen LogP contribution is 2.32. The minimum Gasteiger partial charge on any atom is -0.454 e. The molecule has 2 aromatic rings. The van der Waals surface area contributed by atoms with Gasteiger partial charge >= 0.3 is 0 Å². The molecular weight excluding hydrogens is 390 g/mol. The van der Waals surface area contributed by atoms with E-state index in [9.17, 15) is 0 Å². The van der Waals surface area contributed by atoms with Crippen molar-refractivity contribution >= 4 is 29.1 Å². The van der Waals surface area contributed by atoms with Crippen molar-refractivity contribution < 1.29 is 14.4 Å². The average Bonchev–Trinajstić information content (AvgIpc) is 3.20. The third-order valence-corrected chi connectivity index (χ3v) is 6.46. The van der Waals surface area contributed by atoms with Crippen molar-refractivity contribution in [3.63, 3.8) is 0 Å². The molecule has 2 aliphatic heterocycles. The summed E-state index contributed by atoms with van der Waals surface area (Å²) in [6.07, 6.45) is 0. The van der Waals surface area contributed by atoms with Crippen molar-refractivity contribution in [1.82, 2.24) is 10.2 Å². The number of quaternary nitrogens is 1. The molecule has 0 unspecified atom stereocenters. The number of piperazine rings is 1. The fourth-order valence-electron chi connectivity index (χ4n) is 3.50. The molecule has 1 fully saturated rings. The van der Waals surface area contributed by atoms with Gasteiger partial charge in [-0.15, -0.1) is 11.8 Å². The molecule has 2 N–H and O–H groups in total. The van der Waals surface area contributed by atoms with E-state index in [0.29, 0.717) is 6.79 Å². The molecule has 2 heterocycles. The number of thioether (sulfide) groups is 1. The smallest absolute Gasteiger partial charge is 0.231 e. The molecule has 148 valence electrons. The Hall–Kier alpha value is -1.96. The van der Waals surface area contributed by atoms with E-state index in [1.165, 1.54) is 10.5 Å². The maximum Gasteiger partial charge on any atom is 0.231 e. The van der Waals surface area contributed by atoms with Crippen molar-refractivity contribution in [3.05, 3.63) is 54.1 Å². The molecule has 5 nitrogen and oxygen atoms in total. The van der Waals surface area contributed by atoms with Crippen molar-refractivity contribution in [2.45, 2.75) is 11.4 Å². The van der Waals surface area contributed by atoms with Crippen LogP contribution in [0.2, 0.25) is 0 Å². The Kier molecular flexibility index (Phi) is 6.57. The summed E-state index contributed by atoms with van der Waals surface area (Å²) >= 11 is 7.45. The maximum atomic E-state index is 5.59. The SMILES string of the molecule is S=C(NCCSc1ccccc1)N1CC[NH+](Cc2ccc3c(c2)OCO3)CC1. The monoisotopic (exact) mass is 416 g/mol. The molecule has 0 bridgehead atoms. The van der Waals surface area contributed by atoms with Gasteiger partial charge < -0.3 is 24.6 Å². The van der Waals surface area contributed by atoms with Gasteiger partial charge in [0.2, 0.25) is 6.79 Å². The normalized spacial score (nSPS) is 16.2. The second kappa shape index (κ2) is 9.49. The lowest BCUT2D eigenvalue weighted by molar-refractivity contribution is -0.917. The van der Waals surface area contributed by atoms with Crippen LogP contribution >= 0.6 is 24.0 Å². The molecule has 0 amide bonds. The zero-order valence-corrected chi connectivity index (χ0v) is 17.5. The standard InChI is InChI=1S/C21H25N3O2S2/c27-21(22-8-13-28-18-4-2-1-3-5-18)24-11-9-23(10-12-24)15-17-6-7-19-20(14-17)26-16-25-19/h1-7,14H,8-13,15-16H2,(H,22,27)/p+1. The molecule has 2 aliphatic rings. The molecule has 0 saturated carbocycles. The Morgan fingerprint density at radius 2 is 1.86 bits per heavy atom. The fraction of sp³-hybridized carbons (Fsp3) is 0.381. The summed E-state index contributed by atoms with van der Waals surface area (Å²) in [5.41, 5.74) is 1.30. The van der Waals surface area contributed by atoms with Crippen LogP contribution in [0.3, 0.4) is 0 Å². The molecule has 2 aromatic carbocycles. The summed E-state index contributed by atoms with van der Waals surface area (Å²) in [6.45, 7) is 6.42. The lowest BCUT2D eigenvalue weighted by atomic mass is 10.1. The van der Waals surface area contributed by atoms with Crippen LogP contribution in [0.5, 0.6) is 11.5 Å². The first-order chi connectivity index (χ1) is 13.8. The summed E-state index contributed by atoms with van der Waals surface area (Å²) in [5, 5.41) is 4.30. The molecule has 0 atom stereocenters. The van der Waals surface area contributed by atoms with Crippen LogP contribution in [0.4, 0.5) is 0 Å². The van der Waals surface area contributed by atoms with E-state index in [2.05, 4.69) is 46.6 Å². The van der Waals surface area contributed by atoms with Crippen molar-refractivity contribution in [2.75, 3.05) is 45.3 Å². The number of nitrogens with zero attached hydrogens (tertiary/aromatic N) is 1. The number of hydrogen-bond acceptors (Lipinski definition) is 4. The zero-order valence-electron chi connectivity index (χ0n) is 15.9. The Morgan fingerprint density at radius 3 is 2.68 bits per heavy atom. The van der Waals surface area contributed by atoms with E-state index in [1.807, 2.05) is 23.9 Å². The van der Waals surface area contributed by atoms with E-state index in [4.69, 9.17) is 21.7 Å². The van der Waals surface area contributed by atoms with Gasteiger partial charge in [-0.05, 0) is 42.5 Å². The molecule has 7 heteroatoms. The van der Waals surface area contributed by atoms with Crippen molar-refractivity contribution in [2.24, 2.45) is 0 Å². The highest BCUT2D eigenvalue weighted by Gasteiger charge is 2.22. The second-order valence-electron chi connectivity index (χ2n) is 6.99. The number of benzene rings is 2. The first-order valence-corrected chi connectivity index (χ1v) is 11.1. The highest BCUT2D eigenvalue weighted by atomic mass is 32.2. The van der Waals surface area contributed by atoms with E-state index in [0.717, 1.165) is 61.6 Å². The maximum absolute atomic E-state index is 5.59. The number of thiocarbonyl (C=S) groups is 1. The van der Waals surface area contributed by atoms with Gasteiger partial charge in [0, 0.05) is 22.8 Å². The van der Waals surface area contributed by atoms with Crippen molar-refractivity contribution in [1.29, 1.82) is 0 Å². The zero-order chi connectivity index (χ0) is 19.2. The first-order valence-electron chi connectivity index (χ1n) is 9.71. The summed E-state index contributed by atoms with van der Waals surface area (Å²) in [6, 6.07) is 16.8. The predicted octanol–water partition coefficient (Wildman–Crippen LogP) is 1.78. The molecule has 0 aromatic heterocycles. The Morgan fingerprint density at radius 1 is 1.07 bits per heavy atom. The van der Waals surface area contributed by atoms with Gasteiger partial charge in [-0.3, -0.25) is 0 Å². The van der Waals surface area contributed by atoms with E-state index in [1.54, 1.807) is 4.90 Å². The molecular formula is C21H26N3O2S2+. The van der Waals surface area contributed by atoms with Gasteiger partial charge in [0.15, 0.2) is 16.6 Å². The third kappa shape index (κ3) is 5.10. The van der Waals surface area contributed by atoms with Gasteiger partial charge in [0.05, 0.1) is 26.2 Å². The van der Waals surface area contributed by atoms with Gasteiger partial charge in [-0.2, -0.15) is 0 Å². The van der Waals surface area contributed by atoms with Crippen LogP contribution in [-0.4, -0.2) is 55.3 Å². The quantitative estimate of drug-likeness (QED) is 0.425. The number of ether oxygens (including phenoxy) is 2. The summed E-state index contributed by atoms with van der Waals surface area (Å²) in [7, 11) is 0. The van der Waals surface area contributed by atoms with Crippen LogP contribution < -0.4 is 19.7 Å². The van der Waals surface area contributed by atoms with Crippen LogP contribution in [0, 0.1) is 0 Å². The van der Waals surface area contributed by atoms with Gasteiger partial charge in [0.25, 0.3) is 0 Å². The summed E-state index contributed by atoms with van der Waals surface area (Å²) in [5.74, 6) is 2.74. The molecule has 4 rings (SSSR count). The summed E-state index contributed by atoms with van der Waals surface area (Å²) < 4.78 is 10.9. The Bertz CT molecular complexity index is 795. The molecule has 0 radical (unpaired) electrons. The fourth-order valence-corrected chi connectivity index (χ4v) is 4.57. The summed E-state index contributed by atoms with van der Waals surface area (Å²) in [4.78, 5) is 5.18. The molecule has 0 aliphatic carbocycles. The lowest BCUT2D eigenvalue weighted by Gasteiger charge is -2.34. The van der Waals surface area contributed by atoms with E-state index < -0.39 is 0 Å². The minimum absolute atomic E-state index is 0.332. The Labute approximate surface area is 176 Å². The van der Waals surface area contributed by atoms with Gasteiger partial charge in [0.1, 0.15) is 6.54 Å². The molecule has 1 saturated heterocycles. The molecule has 0 spiro atoms. The lowest BCUT2D eigenvalue weighted by Crippen LogP contribution is -3.13. The minimum atomic E-state index is 0.332. The Balaban J connectivity index is 1.16. The van der Waals surface area contributed by atoms with Gasteiger partial charge in [-0.1, -0.05) is 18.2 Å². The third-order valence-electron chi connectivity index (χ3n) is 5.04. The number of fused-ring (bicyclic) bond motifs is 1. The van der Waals surface area contributed by atoms with Crippen LogP contribution in [0.15, 0.2) is 53.4 Å². The van der Waals surface area contributed by atoms with E-state index >= 15 is 0 Å². The topological polar surface area (TPSA) is 38.2 Å². The number of hydrogen-bond donors (Lipinski definition) is 2. The number of rotatable bonds is 6. The second-order valence-corrected chi connectivity index (χ2v) is 8.55. The number of nitrogens with one attached hydrogen (secondary N) is 2.